The van der Waals surface area contributed by atoms with E-state index in [1.54, 1.807) is 12.1 Å². The summed E-state index contributed by atoms with van der Waals surface area (Å²) in [6.07, 6.45) is 1.49. The highest BCUT2D eigenvalue weighted by Crippen LogP contribution is 2.22. The molecule has 1 heterocycles. The number of rotatable bonds is 3. The Morgan fingerprint density at radius 1 is 1.45 bits per heavy atom. The second kappa shape index (κ2) is 6.24. The molecule has 0 saturated heterocycles. The van der Waals surface area contributed by atoms with Gasteiger partial charge in [0, 0.05) is 5.02 Å². The number of thiazole rings is 1. The number of nitrogens with zero attached hydrogens (tertiary/aromatic N) is 1. The van der Waals surface area contributed by atoms with Crippen LogP contribution in [0.4, 0.5) is 5.13 Å². The van der Waals surface area contributed by atoms with Gasteiger partial charge in [0.15, 0.2) is 5.13 Å². The quantitative estimate of drug-likeness (QED) is 0.843. The van der Waals surface area contributed by atoms with Gasteiger partial charge in [0.2, 0.25) is 0 Å². The summed E-state index contributed by atoms with van der Waals surface area (Å²) < 4.78 is 26.6. The third-order valence-corrected chi connectivity index (χ3v) is 4.68. The van der Waals surface area contributed by atoms with Crippen LogP contribution in [0.3, 0.4) is 0 Å². The average Bonchev–Trinajstić information content (AvgIpc) is 2.83. The maximum atomic E-state index is 12.1. The van der Waals surface area contributed by atoms with Gasteiger partial charge in [-0.25, -0.2) is 13.4 Å². The molecule has 0 atom stereocenters. The fourth-order valence-electron chi connectivity index (χ4n) is 1.33. The van der Waals surface area contributed by atoms with Crippen LogP contribution in [-0.4, -0.2) is 19.9 Å². The number of hydrogen-bond acceptors (Lipinski definition) is 5. The first-order valence-electron chi connectivity index (χ1n) is 5.44. The summed E-state index contributed by atoms with van der Waals surface area (Å²) in [4.78, 5) is 4.67. The van der Waals surface area contributed by atoms with Gasteiger partial charge in [-0.2, -0.15) is 0 Å². The summed E-state index contributed by atoms with van der Waals surface area (Å²) in [7, 11) is -3.70. The van der Waals surface area contributed by atoms with E-state index in [0.29, 0.717) is 9.90 Å². The van der Waals surface area contributed by atoms with Crippen LogP contribution in [0.5, 0.6) is 0 Å². The van der Waals surface area contributed by atoms with Crippen LogP contribution in [0.1, 0.15) is 4.88 Å². The van der Waals surface area contributed by atoms with Crippen LogP contribution < -0.4 is 10.5 Å². The summed E-state index contributed by atoms with van der Waals surface area (Å²) in [6.45, 7) is 0.238. The molecule has 104 valence electrons. The molecule has 1 aromatic carbocycles. The average molecular weight is 328 g/mol. The zero-order chi connectivity index (χ0) is 14.6. The number of sulfonamides is 1. The molecule has 1 aromatic heterocycles. The maximum Gasteiger partial charge on any atom is 0.263 e. The first kappa shape index (κ1) is 14.8. The lowest BCUT2D eigenvalue weighted by atomic mass is 10.4. The molecule has 0 aliphatic carbocycles. The van der Waals surface area contributed by atoms with Gasteiger partial charge in [-0.15, -0.1) is 0 Å². The molecule has 5 nitrogen and oxygen atoms in total. The van der Waals surface area contributed by atoms with Crippen molar-refractivity contribution in [1.82, 2.24) is 4.98 Å². The molecule has 0 saturated carbocycles. The fraction of sp³-hybridized carbons (Fsp3) is 0.0833. The van der Waals surface area contributed by atoms with Crippen LogP contribution in [0.2, 0.25) is 5.02 Å². The zero-order valence-corrected chi connectivity index (χ0v) is 12.5. The Kier molecular flexibility index (Phi) is 4.62. The summed E-state index contributed by atoms with van der Waals surface area (Å²) in [5.74, 6) is 5.46. The number of benzene rings is 1. The highest BCUT2D eigenvalue weighted by atomic mass is 35.5. The van der Waals surface area contributed by atoms with E-state index in [9.17, 15) is 8.42 Å². The molecular weight excluding hydrogens is 318 g/mol. The number of halogens is 1. The molecule has 2 aromatic rings. The van der Waals surface area contributed by atoms with Gasteiger partial charge in [0.05, 0.1) is 22.5 Å². The number of aromatic nitrogens is 1. The molecule has 3 N–H and O–H groups in total. The van der Waals surface area contributed by atoms with Gasteiger partial charge in [0.1, 0.15) is 0 Å². The van der Waals surface area contributed by atoms with E-state index in [-0.39, 0.29) is 16.6 Å². The minimum absolute atomic E-state index is 0.0785. The minimum atomic E-state index is -3.70. The lowest BCUT2D eigenvalue weighted by Crippen LogP contribution is -2.12. The lowest BCUT2D eigenvalue weighted by Gasteiger charge is -2.04. The lowest BCUT2D eigenvalue weighted by molar-refractivity contribution is 0.601. The Labute approximate surface area is 125 Å². The highest BCUT2D eigenvalue weighted by molar-refractivity contribution is 7.93. The molecule has 0 bridgehead atoms. The van der Waals surface area contributed by atoms with Gasteiger partial charge in [-0.3, -0.25) is 4.72 Å². The summed E-state index contributed by atoms with van der Waals surface area (Å²) in [5, 5.41) is 0.591. The standard InChI is InChI=1S/C12H10ClN3O2S2/c13-9-3-1-5-11(7-9)20(17,18)16-12-15-8-10(19-12)4-2-6-14/h1,3,5,7-8H,6,14H2,(H,15,16). The largest absolute Gasteiger partial charge is 0.320 e. The van der Waals surface area contributed by atoms with Crippen LogP contribution in [-0.2, 0) is 10.0 Å². The van der Waals surface area contributed by atoms with Crippen molar-refractivity contribution < 1.29 is 8.42 Å². The van der Waals surface area contributed by atoms with Gasteiger partial charge in [-0.05, 0) is 18.2 Å². The summed E-state index contributed by atoms with van der Waals surface area (Å²) >= 11 is 6.91. The topological polar surface area (TPSA) is 85.1 Å². The Morgan fingerprint density at radius 3 is 2.95 bits per heavy atom. The van der Waals surface area contributed by atoms with Gasteiger partial charge >= 0.3 is 0 Å². The maximum absolute atomic E-state index is 12.1. The monoisotopic (exact) mass is 327 g/mol. The predicted molar refractivity (Wildman–Crippen MR) is 80.3 cm³/mol. The highest BCUT2D eigenvalue weighted by Gasteiger charge is 2.16. The SMILES string of the molecule is NCC#Cc1cnc(NS(=O)(=O)c2cccc(Cl)c2)s1. The Hall–Kier alpha value is -1.59. The van der Waals surface area contributed by atoms with Crippen LogP contribution in [0, 0.1) is 11.8 Å². The van der Waals surface area contributed by atoms with Gasteiger partial charge in [-0.1, -0.05) is 40.8 Å². The molecule has 0 spiro atoms. The number of hydrogen-bond donors (Lipinski definition) is 2. The predicted octanol–water partition coefficient (Wildman–Crippen LogP) is 1.91. The third kappa shape index (κ3) is 3.71. The molecule has 0 unspecified atom stereocenters. The van der Waals surface area contributed by atoms with E-state index < -0.39 is 10.0 Å². The molecule has 0 radical (unpaired) electrons. The number of anilines is 1. The second-order valence-electron chi connectivity index (χ2n) is 3.60. The van der Waals surface area contributed by atoms with Gasteiger partial charge < -0.3 is 5.73 Å². The van der Waals surface area contributed by atoms with E-state index in [1.807, 2.05) is 0 Å². The molecular formula is C12H10ClN3O2S2. The van der Waals surface area contributed by atoms with Crippen molar-refractivity contribution in [2.75, 3.05) is 11.3 Å². The van der Waals surface area contributed by atoms with Crippen molar-refractivity contribution in [2.24, 2.45) is 5.73 Å². The molecule has 0 amide bonds. The van der Waals surface area contributed by atoms with E-state index in [0.717, 1.165) is 11.3 Å². The molecule has 0 aliphatic rings. The van der Waals surface area contributed by atoms with E-state index >= 15 is 0 Å². The van der Waals surface area contributed by atoms with Crippen LogP contribution in [0.25, 0.3) is 0 Å². The van der Waals surface area contributed by atoms with Crippen molar-refractivity contribution in [1.29, 1.82) is 0 Å². The zero-order valence-electron chi connectivity index (χ0n) is 10.1. The van der Waals surface area contributed by atoms with Crippen LogP contribution >= 0.6 is 22.9 Å². The van der Waals surface area contributed by atoms with Crippen molar-refractivity contribution >= 4 is 38.1 Å². The second-order valence-corrected chi connectivity index (χ2v) is 6.75. The van der Waals surface area contributed by atoms with Crippen molar-refractivity contribution in [3.05, 3.63) is 40.4 Å². The van der Waals surface area contributed by atoms with Gasteiger partial charge in [0.25, 0.3) is 10.0 Å². The van der Waals surface area contributed by atoms with E-state index in [1.165, 1.54) is 18.3 Å². The molecule has 0 aliphatic heterocycles. The summed E-state index contributed by atoms with van der Waals surface area (Å²) in [5.41, 5.74) is 5.26. The number of nitrogens with two attached hydrogens (primary N) is 1. The molecule has 8 heteroatoms. The molecule has 20 heavy (non-hydrogen) atoms. The first-order valence-corrected chi connectivity index (χ1v) is 8.12. The Bertz CT molecular complexity index is 775. The fourth-order valence-corrected chi connectivity index (χ4v) is 3.56. The third-order valence-electron chi connectivity index (χ3n) is 2.15. The van der Waals surface area contributed by atoms with Crippen molar-refractivity contribution in [3.63, 3.8) is 0 Å². The first-order chi connectivity index (χ1) is 9.51. The molecule has 2 rings (SSSR count). The normalized spacial score (nSPS) is 10.7. The summed E-state index contributed by atoms with van der Waals surface area (Å²) in [6, 6.07) is 5.99. The van der Waals surface area contributed by atoms with Crippen molar-refractivity contribution in [3.8, 4) is 11.8 Å². The molecule has 0 fully saturated rings. The Balaban J connectivity index is 2.22. The Morgan fingerprint density at radius 2 is 2.25 bits per heavy atom. The minimum Gasteiger partial charge on any atom is -0.320 e. The van der Waals surface area contributed by atoms with Crippen molar-refractivity contribution in [2.45, 2.75) is 4.90 Å². The number of nitrogens with one attached hydrogen (secondary N) is 1. The van der Waals surface area contributed by atoms with Crippen LogP contribution in [0.15, 0.2) is 35.4 Å². The smallest absolute Gasteiger partial charge is 0.263 e. The van der Waals surface area contributed by atoms with E-state index in [2.05, 4.69) is 21.5 Å². The van der Waals surface area contributed by atoms with E-state index in [4.69, 9.17) is 17.3 Å².